The molecule has 1 aliphatic heterocycles. The Morgan fingerprint density at radius 3 is 3.00 bits per heavy atom. The fourth-order valence-corrected chi connectivity index (χ4v) is 4.27. The lowest BCUT2D eigenvalue weighted by molar-refractivity contribution is -0.130. The monoisotopic (exact) mass is 400 g/mol. The van der Waals surface area contributed by atoms with Crippen LogP contribution in [-0.2, 0) is 23.6 Å². The van der Waals surface area contributed by atoms with E-state index < -0.39 is 16.6 Å². The van der Waals surface area contributed by atoms with Gasteiger partial charge in [-0.1, -0.05) is 6.92 Å². The number of likely N-dealkylation sites (tertiary alicyclic amines) is 1. The van der Waals surface area contributed by atoms with Crippen LogP contribution in [0.5, 0.6) is 0 Å². The molecule has 1 saturated heterocycles. The molecule has 0 aromatic rings. The number of aliphatic hydroxyl groups excluding tert-OH is 1. The number of nitriles is 1. The first-order valence-corrected chi connectivity index (χ1v) is 10.5. The van der Waals surface area contributed by atoms with Gasteiger partial charge in [0.25, 0.3) is 0 Å². The van der Waals surface area contributed by atoms with E-state index in [9.17, 15) is 18.3 Å². The first kappa shape index (κ1) is 20.4. The standard InChI is InChI=1S/C16H20N2O6S2/c1-2-9-25-14-11-15(19)18(16(14)20)12-5-3-6-13(10-12)24-26(21,22)23-8-4-7-17/h4,6,8,10,14-15,19H,2-3,5,9,11H2,1H3/b8-4+. The van der Waals surface area contributed by atoms with Crippen molar-refractivity contribution in [3.05, 3.63) is 35.9 Å². The molecule has 0 saturated carbocycles. The number of carbonyl (C=O) groups excluding carboxylic acids is 1. The van der Waals surface area contributed by atoms with Gasteiger partial charge in [0.05, 0.1) is 17.4 Å². The van der Waals surface area contributed by atoms with Crippen LogP contribution in [0.3, 0.4) is 0 Å². The van der Waals surface area contributed by atoms with Crippen LogP contribution >= 0.6 is 11.8 Å². The van der Waals surface area contributed by atoms with Crippen LogP contribution < -0.4 is 0 Å². The van der Waals surface area contributed by atoms with Crippen molar-refractivity contribution in [3.8, 4) is 6.07 Å². The number of hydrogen-bond donors (Lipinski definition) is 1. The van der Waals surface area contributed by atoms with Crippen LogP contribution in [0.2, 0.25) is 0 Å². The summed E-state index contributed by atoms with van der Waals surface area (Å²) >= 11 is 1.51. The van der Waals surface area contributed by atoms with Gasteiger partial charge in [-0.05, 0) is 31.1 Å². The van der Waals surface area contributed by atoms with E-state index in [0.29, 0.717) is 31.2 Å². The van der Waals surface area contributed by atoms with Crippen LogP contribution in [-0.4, -0.2) is 41.6 Å². The smallest absolute Gasteiger partial charge is 0.373 e. The summed E-state index contributed by atoms with van der Waals surface area (Å²) < 4.78 is 32.6. The van der Waals surface area contributed by atoms with Gasteiger partial charge in [-0.15, -0.1) is 20.2 Å². The van der Waals surface area contributed by atoms with Crippen LogP contribution in [0.1, 0.15) is 32.6 Å². The Hall–Kier alpha value is -1.96. The van der Waals surface area contributed by atoms with Gasteiger partial charge in [-0.2, -0.15) is 5.26 Å². The SMILES string of the molecule is CCCSC1CC(O)N(C2=CC(OS(=O)(=O)O/C=C/C#N)=CCC2)C1=O. The van der Waals surface area contributed by atoms with Crippen molar-refractivity contribution in [3.63, 3.8) is 0 Å². The average molecular weight is 400 g/mol. The Morgan fingerprint density at radius 1 is 1.54 bits per heavy atom. The van der Waals surface area contributed by atoms with E-state index >= 15 is 0 Å². The largest absolute Gasteiger partial charge is 0.500 e. The third-order valence-electron chi connectivity index (χ3n) is 3.64. The summed E-state index contributed by atoms with van der Waals surface area (Å²) in [6, 6.07) is 1.59. The number of hydrogen-bond acceptors (Lipinski definition) is 8. The number of aliphatic hydroxyl groups is 1. The second-order valence-electron chi connectivity index (χ2n) is 5.58. The molecule has 1 aliphatic carbocycles. The first-order chi connectivity index (χ1) is 12.4. The molecule has 1 amide bonds. The van der Waals surface area contributed by atoms with Gasteiger partial charge in [0.2, 0.25) is 5.91 Å². The summed E-state index contributed by atoms with van der Waals surface area (Å²) in [5.41, 5.74) is 0.502. The summed E-state index contributed by atoms with van der Waals surface area (Å²) in [7, 11) is -4.37. The van der Waals surface area contributed by atoms with Crippen molar-refractivity contribution in [1.29, 1.82) is 5.26 Å². The van der Waals surface area contributed by atoms with Crippen molar-refractivity contribution in [1.82, 2.24) is 4.90 Å². The van der Waals surface area contributed by atoms with Crippen LogP contribution in [0.4, 0.5) is 0 Å². The van der Waals surface area contributed by atoms with Gasteiger partial charge in [0.1, 0.15) is 18.2 Å². The summed E-state index contributed by atoms with van der Waals surface area (Å²) in [5, 5.41) is 18.3. The minimum atomic E-state index is -4.37. The molecular weight excluding hydrogens is 380 g/mol. The molecular formula is C16H20N2O6S2. The maximum atomic E-state index is 12.5. The van der Waals surface area contributed by atoms with Gasteiger partial charge in [-0.3, -0.25) is 9.69 Å². The van der Waals surface area contributed by atoms with Gasteiger partial charge in [-0.25, -0.2) is 0 Å². The Kier molecular flexibility index (Phi) is 7.14. The maximum absolute atomic E-state index is 12.5. The van der Waals surface area contributed by atoms with Crippen LogP contribution in [0.25, 0.3) is 0 Å². The van der Waals surface area contributed by atoms with E-state index in [1.54, 1.807) is 12.1 Å². The van der Waals surface area contributed by atoms with Gasteiger partial charge < -0.3 is 13.5 Å². The average Bonchev–Trinajstić information content (AvgIpc) is 2.86. The van der Waals surface area contributed by atoms with E-state index in [2.05, 4.69) is 4.18 Å². The van der Waals surface area contributed by atoms with Crippen molar-refractivity contribution in [2.75, 3.05) is 5.75 Å². The first-order valence-electron chi connectivity index (χ1n) is 8.08. The highest BCUT2D eigenvalue weighted by atomic mass is 32.3. The molecule has 2 unspecified atom stereocenters. The van der Waals surface area contributed by atoms with Crippen molar-refractivity contribution in [2.24, 2.45) is 0 Å². The van der Waals surface area contributed by atoms with E-state index in [4.69, 9.17) is 9.44 Å². The molecule has 2 atom stereocenters. The molecule has 0 radical (unpaired) electrons. The molecule has 0 aromatic carbocycles. The Balaban J connectivity index is 2.09. The number of rotatable bonds is 8. The molecule has 26 heavy (non-hydrogen) atoms. The second kappa shape index (κ2) is 9.12. The number of nitrogens with zero attached hydrogens (tertiary/aromatic N) is 2. The maximum Gasteiger partial charge on any atom is 0.500 e. The van der Waals surface area contributed by atoms with Crippen LogP contribution in [0, 0.1) is 11.3 Å². The van der Waals surface area contributed by atoms with Crippen molar-refractivity contribution >= 4 is 28.1 Å². The highest BCUT2D eigenvalue weighted by Crippen LogP contribution is 2.34. The Bertz CT molecular complexity index is 766. The molecule has 0 aromatic heterocycles. The zero-order chi connectivity index (χ0) is 19.2. The molecule has 8 nitrogen and oxygen atoms in total. The minimum Gasteiger partial charge on any atom is -0.373 e. The third kappa shape index (κ3) is 5.27. The van der Waals surface area contributed by atoms with Crippen molar-refractivity contribution < 1.29 is 26.7 Å². The lowest BCUT2D eigenvalue weighted by atomic mass is 10.1. The lowest BCUT2D eigenvalue weighted by Crippen LogP contribution is -2.34. The fourth-order valence-electron chi connectivity index (χ4n) is 2.60. The summed E-state index contributed by atoms with van der Waals surface area (Å²) in [5.74, 6) is 0.650. The van der Waals surface area contributed by atoms with E-state index in [-0.39, 0.29) is 16.9 Å². The highest BCUT2D eigenvalue weighted by molar-refractivity contribution is 8.00. The normalized spacial score (nSPS) is 23.6. The molecule has 0 bridgehead atoms. The number of carbonyl (C=O) groups is 1. The molecule has 1 N–H and O–H groups in total. The predicted molar refractivity (Wildman–Crippen MR) is 95.2 cm³/mol. The van der Waals surface area contributed by atoms with Crippen LogP contribution in [0.15, 0.2) is 35.9 Å². The molecule has 0 spiro atoms. The highest BCUT2D eigenvalue weighted by Gasteiger charge is 2.40. The third-order valence-corrected chi connectivity index (χ3v) is 5.82. The van der Waals surface area contributed by atoms with Gasteiger partial charge in [0, 0.05) is 18.2 Å². The molecule has 10 heteroatoms. The second-order valence-corrected chi connectivity index (χ2v) is 8.07. The zero-order valence-electron chi connectivity index (χ0n) is 14.2. The topological polar surface area (TPSA) is 117 Å². The number of allylic oxidation sites excluding steroid dienone is 4. The van der Waals surface area contributed by atoms with Gasteiger partial charge in [0.15, 0.2) is 0 Å². The van der Waals surface area contributed by atoms with E-state index in [0.717, 1.165) is 18.2 Å². The zero-order valence-corrected chi connectivity index (χ0v) is 15.8. The lowest BCUT2D eigenvalue weighted by Gasteiger charge is -2.25. The molecule has 2 rings (SSSR count). The predicted octanol–water partition coefficient (Wildman–Crippen LogP) is 1.93. The molecule has 2 aliphatic rings. The molecule has 142 valence electrons. The molecule has 1 fully saturated rings. The number of amides is 1. The Morgan fingerprint density at radius 2 is 2.31 bits per heavy atom. The quantitative estimate of drug-likeness (QED) is 0.485. The van der Waals surface area contributed by atoms with E-state index in [1.165, 1.54) is 22.7 Å². The molecule has 1 heterocycles. The Labute approximate surface area is 157 Å². The minimum absolute atomic E-state index is 0.00117. The fraction of sp³-hybridized carbons (Fsp3) is 0.500. The van der Waals surface area contributed by atoms with Gasteiger partial charge >= 0.3 is 10.4 Å². The van der Waals surface area contributed by atoms with Crippen molar-refractivity contribution in [2.45, 2.75) is 44.1 Å². The summed E-state index contributed by atoms with van der Waals surface area (Å²) in [6.07, 6.45) is 5.78. The summed E-state index contributed by atoms with van der Waals surface area (Å²) in [4.78, 5) is 13.9. The summed E-state index contributed by atoms with van der Waals surface area (Å²) in [6.45, 7) is 2.02. The number of thioether (sulfide) groups is 1. The van der Waals surface area contributed by atoms with E-state index in [1.807, 2.05) is 6.92 Å².